The Hall–Kier alpha value is -2.03. The Morgan fingerprint density at radius 2 is 1.96 bits per heavy atom. The molecule has 7 nitrogen and oxygen atoms in total. The van der Waals surface area contributed by atoms with E-state index in [2.05, 4.69) is 5.32 Å². The quantitative estimate of drug-likeness (QED) is 0.450. The van der Waals surface area contributed by atoms with Crippen LogP contribution in [0.4, 0.5) is 4.39 Å². The van der Waals surface area contributed by atoms with Crippen LogP contribution in [0.2, 0.25) is 0 Å². The van der Waals surface area contributed by atoms with Crippen molar-refractivity contribution in [2.24, 2.45) is 11.3 Å². The van der Waals surface area contributed by atoms with Crippen molar-refractivity contribution in [2.45, 2.75) is 43.7 Å². The summed E-state index contributed by atoms with van der Waals surface area (Å²) in [5.41, 5.74) is 2.62. The van der Waals surface area contributed by atoms with Gasteiger partial charge in [-0.2, -0.15) is 0 Å². The molecule has 4 atom stereocenters. The molecule has 0 bridgehead atoms. The second kappa shape index (κ2) is 7.42. The molecule has 2 saturated heterocycles. The van der Waals surface area contributed by atoms with Crippen LogP contribution in [0.1, 0.15) is 37.2 Å². The Bertz CT molecular complexity index is 752. The molecule has 2 aliphatic heterocycles. The van der Waals surface area contributed by atoms with Gasteiger partial charge in [0.1, 0.15) is 5.82 Å². The Balaban J connectivity index is 1.43. The first-order chi connectivity index (χ1) is 13.4. The molecule has 0 aromatic heterocycles. The topological polar surface area (TPSA) is 102 Å². The maximum Gasteiger partial charge on any atom is 0.248 e. The van der Waals surface area contributed by atoms with Crippen LogP contribution in [0, 0.1) is 17.2 Å². The molecule has 4 rings (SSSR count). The summed E-state index contributed by atoms with van der Waals surface area (Å²) in [5.74, 6) is -1.87. The van der Waals surface area contributed by atoms with Gasteiger partial charge in [0.15, 0.2) is 0 Å². The number of rotatable bonds is 3. The minimum absolute atomic E-state index is 0.0725. The van der Waals surface area contributed by atoms with Gasteiger partial charge in [-0.1, -0.05) is 12.1 Å². The Morgan fingerprint density at radius 3 is 2.57 bits per heavy atom. The van der Waals surface area contributed by atoms with Gasteiger partial charge in [-0.15, -0.1) is 0 Å². The normalized spacial score (nSPS) is 31.5. The zero-order valence-electron chi connectivity index (χ0n) is 15.6. The van der Waals surface area contributed by atoms with Crippen molar-refractivity contribution in [1.29, 1.82) is 0 Å². The van der Waals surface area contributed by atoms with Gasteiger partial charge in [-0.25, -0.2) is 9.87 Å². The zero-order valence-corrected chi connectivity index (χ0v) is 15.6. The van der Waals surface area contributed by atoms with Crippen molar-refractivity contribution in [3.05, 3.63) is 35.6 Å². The second-order valence-corrected chi connectivity index (χ2v) is 8.44. The van der Waals surface area contributed by atoms with E-state index in [9.17, 15) is 19.1 Å². The number of nitrogens with zero attached hydrogens (tertiary/aromatic N) is 1. The summed E-state index contributed by atoms with van der Waals surface area (Å²) in [6, 6.07) is 5.38. The first kappa shape index (κ1) is 19.3. The number of amides is 2. The standard InChI is InChI=1S/C20H26FN3O4/c21-13-3-1-12(2-4-13)14-5-8-24(10-16(14)25)19(27)17-15(18(26)23-28)9-20(6-7-20)11-22-17/h1-4,14-17,22,25,28H,5-11H2,(H,23,26)/t14?,15?,16?,17-/m0/s1. The molecule has 1 saturated carbocycles. The molecule has 2 heterocycles. The molecule has 8 heteroatoms. The SMILES string of the molecule is O=C(NO)C1CC2(CC2)CN[C@@H]1C(=O)N1CCC(c2ccc(F)cc2)C(O)C1. The molecule has 2 amide bonds. The van der Waals surface area contributed by atoms with Crippen molar-refractivity contribution in [3.63, 3.8) is 0 Å². The van der Waals surface area contributed by atoms with Crippen LogP contribution in [0.3, 0.4) is 0 Å². The monoisotopic (exact) mass is 391 g/mol. The van der Waals surface area contributed by atoms with Crippen LogP contribution in [-0.2, 0) is 9.59 Å². The average molecular weight is 391 g/mol. The number of hydroxylamine groups is 1. The lowest BCUT2D eigenvalue weighted by atomic mass is 9.80. The van der Waals surface area contributed by atoms with E-state index in [1.54, 1.807) is 22.5 Å². The van der Waals surface area contributed by atoms with Gasteiger partial charge in [-0.3, -0.25) is 14.8 Å². The number of carbonyl (C=O) groups is 2. The van der Waals surface area contributed by atoms with Gasteiger partial charge in [0.05, 0.1) is 18.1 Å². The highest BCUT2D eigenvalue weighted by Crippen LogP contribution is 2.52. The maximum absolute atomic E-state index is 13.1. The molecular weight excluding hydrogens is 365 g/mol. The zero-order chi connectivity index (χ0) is 19.9. The smallest absolute Gasteiger partial charge is 0.248 e. The predicted molar refractivity (Wildman–Crippen MR) is 97.8 cm³/mol. The van der Waals surface area contributed by atoms with E-state index in [0.29, 0.717) is 25.9 Å². The molecule has 1 aromatic rings. The van der Waals surface area contributed by atoms with E-state index < -0.39 is 24.0 Å². The molecule has 1 spiro atoms. The first-order valence-electron chi connectivity index (χ1n) is 9.82. The number of carbonyl (C=O) groups excluding carboxylic acids is 2. The molecule has 1 aromatic carbocycles. The van der Waals surface area contributed by atoms with Gasteiger partial charge in [0, 0.05) is 25.6 Å². The number of halogens is 1. The summed E-state index contributed by atoms with van der Waals surface area (Å²) in [7, 11) is 0. The summed E-state index contributed by atoms with van der Waals surface area (Å²) in [6.07, 6.45) is 2.44. The Labute approximate surface area is 162 Å². The lowest BCUT2D eigenvalue weighted by Crippen LogP contribution is -2.60. The van der Waals surface area contributed by atoms with Crippen molar-refractivity contribution in [3.8, 4) is 0 Å². The van der Waals surface area contributed by atoms with E-state index in [-0.39, 0.29) is 29.6 Å². The minimum Gasteiger partial charge on any atom is -0.391 e. The molecule has 1 aliphatic carbocycles. The van der Waals surface area contributed by atoms with E-state index in [0.717, 1.165) is 18.4 Å². The van der Waals surface area contributed by atoms with Crippen molar-refractivity contribution >= 4 is 11.8 Å². The number of aliphatic hydroxyl groups excluding tert-OH is 1. The fourth-order valence-electron chi connectivity index (χ4n) is 4.70. The lowest BCUT2D eigenvalue weighted by molar-refractivity contribution is -0.146. The third-order valence-corrected chi connectivity index (χ3v) is 6.61. The summed E-state index contributed by atoms with van der Waals surface area (Å²) < 4.78 is 13.1. The molecule has 4 N–H and O–H groups in total. The fourth-order valence-corrected chi connectivity index (χ4v) is 4.70. The molecule has 3 fully saturated rings. The molecule has 152 valence electrons. The van der Waals surface area contributed by atoms with Crippen LogP contribution in [0.15, 0.2) is 24.3 Å². The summed E-state index contributed by atoms with van der Waals surface area (Å²) in [4.78, 5) is 26.8. The number of hydrogen-bond donors (Lipinski definition) is 4. The number of benzene rings is 1. The number of nitrogens with one attached hydrogen (secondary N) is 2. The molecular formula is C20H26FN3O4. The van der Waals surface area contributed by atoms with Crippen LogP contribution in [-0.4, -0.2) is 58.8 Å². The van der Waals surface area contributed by atoms with Gasteiger partial charge in [0.2, 0.25) is 11.8 Å². The van der Waals surface area contributed by atoms with E-state index >= 15 is 0 Å². The molecule has 3 aliphatic rings. The van der Waals surface area contributed by atoms with Gasteiger partial charge >= 0.3 is 0 Å². The van der Waals surface area contributed by atoms with E-state index in [4.69, 9.17) is 5.21 Å². The summed E-state index contributed by atoms with van der Waals surface area (Å²) in [5, 5.41) is 22.9. The largest absolute Gasteiger partial charge is 0.391 e. The number of aliphatic hydroxyl groups is 1. The van der Waals surface area contributed by atoms with E-state index in [1.165, 1.54) is 12.1 Å². The highest BCUT2D eigenvalue weighted by Gasteiger charge is 2.53. The van der Waals surface area contributed by atoms with Gasteiger partial charge in [-0.05, 0) is 48.8 Å². The maximum atomic E-state index is 13.1. The molecule has 0 radical (unpaired) electrons. The van der Waals surface area contributed by atoms with Crippen LogP contribution >= 0.6 is 0 Å². The number of β-amino-alcohol motifs (C(OH)–C–C–N with tert-alkyl or cyclic N) is 1. The van der Waals surface area contributed by atoms with Crippen LogP contribution in [0.25, 0.3) is 0 Å². The first-order valence-corrected chi connectivity index (χ1v) is 9.82. The van der Waals surface area contributed by atoms with Crippen LogP contribution < -0.4 is 10.8 Å². The number of piperidine rings is 2. The van der Waals surface area contributed by atoms with Gasteiger partial charge < -0.3 is 15.3 Å². The number of likely N-dealkylation sites (tertiary alicyclic amines) is 1. The highest BCUT2D eigenvalue weighted by atomic mass is 19.1. The van der Waals surface area contributed by atoms with Crippen molar-refractivity contribution in [1.82, 2.24) is 15.7 Å². The van der Waals surface area contributed by atoms with Crippen molar-refractivity contribution < 1.29 is 24.3 Å². The second-order valence-electron chi connectivity index (χ2n) is 8.44. The Kier molecular flexibility index (Phi) is 5.11. The molecule has 28 heavy (non-hydrogen) atoms. The van der Waals surface area contributed by atoms with Crippen LogP contribution in [0.5, 0.6) is 0 Å². The van der Waals surface area contributed by atoms with Gasteiger partial charge in [0.25, 0.3) is 0 Å². The van der Waals surface area contributed by atoms with Crippen molar-refractivity contribution in [2.75, 3.05) is 19.6 Å². The highest BCUT2D eigenvalue weighted by molar-refractivity contribution is 5.90. The third-order valence-electron chi connectivity index (χ3n) is 6.61. The predicted octanol–water partition coefficient (Wildman–Crippen LogP) is 0.766. The third kappa shape index (κ3) is 3.64. The van der Waals surface area contributed by atoms with E-state index in [1.807, 2.05) is 0 Å². The fraction of sp³-hybridized carbons (Fsp3) is 0.600. The lowest BCUT2D eigenvalue weighted by Gasteiger charge is -2.41. The summed E-state index contributed by atoms with van der Waals surface area (Å²) >= 11 is 0. The summed E-state index contributed by atoms with van der Waals surface area (Å²) in [6.45, 7) is 1.31. The number of hydrogen-bond acceptors (Lipinski definition) is 5. The molecule has 3 unspecified atom stereocenters. The average Bonchev–Trinajstić information content (AvgIpc) is 3.46. The minimum atomic E-state index is -0.758. The Morgan fingerprint density at radius 1 is 1.25 bits per heavy atom.